The van der Waals surface area contributed by atoms with E-state index < -0.39 is 0 Å². The summed E-state index contributed by atoms with van der Waals surface area (Å²) in [6, 6.07) is 0.532. The third-order valence-electron chi connectivity index (χ3n) is 5.60. The minimum atomic E-state index is 0.380. The molecule has 1 aliphatic heterocycles. The van der Waals surface area contributed by atoms with Gasteiger partial charge in [0.15, 0.2) is 0 Å². The molecule has 0 aromatic carbocycles. The van der Waals surface area contributed by atoms with Crippen LogP contribution in [0.5, 0.6) is 0 Å². The Morgan fingerprint density at radius 2 is 2.05 bits per heavy atom. The molecule has 0 spiro atoms. The zero-order valence-corrected chi connectivity index (χ0v) is 13.9. The zero-order valence-electron chi connectivity index (χ0n) is 13.9. The average Bonchev–Trinajstić information content (AvgIpc) is 2.44. The van der Waals surface area contributed by atoms with E-state index in [1.165, 1.54) is 32.2 Å². The van der Waals surface area contributed by atoms with Crippen molar-refractivity contribution in [1.82, 2.24) is 10.2 Å². The van der Waals surface area contributed by atoms with Crippen molar-refractivity contribution in [1.29, 1.82) is 0 Å². The molecule has 0 aromatic heterocycles. The van der Waals surface area contributed by atoms with Gasteiger partial charge in [0.05, 0.1) is 12.7 Å². The molecule has 1 saturated heterocycles. The van der Waals surface area contributed by atoms with Crippen LogP contribution in [0.3, 0.4) is 0 Å². The van der Waals surface area contributed by atoms with Crippen LogP contribution in [0.25, 0.3) is 0 Å². The van der Waals surface area contributed by atoms with Crippen LogP contribution >= 0.6 is 0 Å². The molecule has 0 aromatic rings. The van der Waals surface area contributed by atoms with Crippen LogP contribution < -0.4 is 5.32 Å². The van der Waals surface area contributed by atoms with E-state index in [1.807, 2.05) is 0 Å². The Bertz CT molecular complexity index is 282. The van der Waals surface area contributed by atoms with Gasteiger partial charge in [-0.05, 0) is 50.6 Å². The Labute approximate surface area is 125 Å². The van der Waals surface area contributed by atoms with Gasteiger partial charge in [0.25, 0.3) is 0 Å². The van der Waals surface area contributed by atoms with Gasteiger partial charge in [-0.3, -0.25) is 4.90 Å². The van der Waals surface area contributed by atoms with Crippen molar-refractivity contribution in [3.8, 4) is 0 Å². The maximum absolute atomic E-state index is 6.12. The Balaban J connectivity index is 1.93. The van der Waals surface area contributed by atoms with Crippen LogP contribution in [0.1, 0.15) is 46.5 Å². The molecule has 0 radical (unpaired) electrons. The number of hydrogen-bond donors (Lipinski definition) is 1. The van der Waals surface area contributed by atoms with Gasteiger partial charge >= 0.3 is 0 Å². The second-order valence-corrected chi connectivity index (χ2v) is 7.05. The fourth-order valence-corrected chi connectivity index (χ4v) is 4.11. The summed E-state index contributed by atoms with van der Waals surface area (Å²) < 4.78 is 6.12. The molecular formula is C17H34N2O. The Morgan fingerprint density at radius 1 is 1.25 bits per heavy atom. The second-order valence-electron chi connectivity index (χ2n) is 7.05. The lowest BCUT2D eigenvalue weighted by Gasteiger charge is -2.43. The van der Waals surface area contributed by atoms with Crippen LogP contribution in [0.2, 0.25) is 0 Å². The second kappa shape index (κ2) is 7.77. The molecule has 1 heterocycles. The fourth-order valence-electron chi connectivity index (χ4n) is 4.11. The van der Waals surface area contributed by atoms with E-state index in [1.54, 1.807) is 0 Å². The molecule has 1 saturated carbocycles. The first kappa shape index (κ1) is 16.3. The normalized spacial score (nSPS) is 37.8. The predicted molar refractivity (Wildman–Crippen MR) is 85.0 cm³/mol. The number of rotatable bonds is 5. The van der Waals surface area contributed by atoms with Crippen LogP contribution in [0.15, 0.2) is 0 Å². The number of hydrogen-bond acceptors (Lipinski definition) is 3. The van der Waals surface area contributed by atoms with E-state index in [-0.39, 0.29) is 0 Å². The van der Waals surface area contributed by atoms with Crippen LogP contribution in [-0.2, 0) is 4.74 Å². The molecule has 1 N–H and O–H groups in total. The maximum Gasteiger partial charge on any atom is 0.0857 e. The number of likely N-dealkylation sites (N-methyl/N-ethyl adjacent to an activating group) is 1. The summed E-state index contributed by atoms with van der Waals surface area (Å²) >= 11 is 0. The Morgan fingerprint density at radius 3 is 2.70 bits per heavy atom. The van der Waals surface area contributed by atoms with Gasteiger partial charge < -0.3 is 10.1 Å². The Hall–Kier alpha value is -0.120. The minimum absolute atomic E-state index is 0.380. The highest BCUT2D eigenvalue weighted by molar-refractivity contribution is 4.90. The van der Waals surface area contributed by atoms with Crippen molar-refractivity contribution in [3.63, 3.8) is 0 Å². The summed E-state index contributed by atoms with van der Waals surface area (Å²) in [6.45, 7) is 11.4. The largest absolute Gasteiger partial charge is 0.374 e. The number of ether oxygens (including phenoxy) is 1. The summed E-state index contributed by atoms with van der Waals surface area (Å²) in [5.41, 5.74) is 0. The van der Waals surface area contributed by atoms with Gasteiger partial charge in [-0.15, -0.1) is 0 Å². The lowest BCUT2D eigenvalue weighted by molar-refractivity contribution is -0.0609. The first-order valence-electron chi connectivity index (χ1n) is 8.66. The van der Waals surface area contributed by atoms with Gasteiger partial charge in [0.2, 0.25) is 0 Å². The summed E-state index contributed by atoms with van der Waals surface area (Å²) in [7, 11) is 2.12. The van der Waals surface area contributed by atoms with E-state index >= 15 is 0 Å². The standard InChI is InChI=1S/C17H34N2O/c1-5-8-19-9-10-20-16(12-19)17(18-4)15-7-6-13(2)14(3)11-15/h13-18H,5-12H2,1-4H3. The lowest BCUT2D eigenvalue weighted by atomic mass is 9.72. The lowest BCUT2D eigenvalue weighted by Crippen LogP contribution is -2.55. The average molecular weight is 282 g/mol. The van der Waals surface area contributed by atoms with Gasteiger partial charge in [-0.1, -0.05) is 27.2 Å². The molecule has 0 bridgehead atoms. The summed E-state index contributed by atoms with van der Waals surface area (Å²) in [4.78, 5) is 2.58. The first-order valence-corrected chi connectivity index (χ1v) is 8.66. The summed E-state index contributed by atoms with van der Waals surface area (Å²) in [6.07, 6.45) is 5.74. The summed E-state index contributed by atoms with van der Waals surface area (Å²) in [5, 5.41) is 3.59. The Kier molecular flexibility index (Phi) is 6.31. The van der Waals surface area contributed by atoms with Crippen molar-refractivity contribution < 1.29 is 4.74 Å². The van der Waals surface area contributed by atoms with Crippen LogP contribution in [-0.4, -0.2) is 50.3 Å². The third-order valence-corrected chi connectivity index (χ3v) is 5.60. The number of nitrogens with zero attached hydrogens (tertiary/aromatic N) is 1. The van der Waals surface area contributed by atoms with E-state index in [0.29, 0.717) is 12.1 Å². The number of nitrogens with one attached hydrogen (secondary N) is 1. The quantitative estimate of drug-likeness (QED) is 0.839. The predicted octanol–water partition coefficient (Wildman–Crippen LogP) is 2.76. The first-order chi connectivity index (χ1) is 9.65. The molecule has 118 valence electrons. The highest BCUT2D eigenvalue weighted by Crippen LogP contribution is 2.36. The van der Waals surface area contributed by atoms with Gasteiger partial charge in [0.1, 0.15) is 0 Å². The van der Waals surface area contributed by atoms with E-state index in [0.717, 1.165) is 37.5 Å². The molecule has 3 nitrogen and oxygen atoms in total. The van der Waals surface area contributed by atoms with E-state index in [9.17, 15) is 0 Å². The topological polar surface area (TPSA) is 24.5 Å². The molecule has 0 amide bonds. The minimum Gasteiger partial charge on any atom is -0.374 e. The molecule has 3 heteroatoms. The van der Waals surface area contributed by atoms with Crippen molar-refractivity contribution in [3.05, 3.63) is 0 Å². The fraction of sp³-hybridized carbons (Fsp3) is 1.00. The molecule has 2 aliphatic rings. The van der Waals surface area contributed by atoms with Gasteiger partial charge in [-0.25, -0.2) is 0 Å². The third kappa shape index (κ3) is 3.96. The molecule has 2 rings (SSSR count). The van der Waals surface area contributed by atoms with Crippen molar-refractivity contribution >= 4 is 0 Å². The SMILES string of the molecule is CCCN1CCOC(C(NC)C2CCC(C)C(C)C2)C1. The molecule has 20 heavy (non-hydrogen) atoms. The molecule has 5 atom stereocenters. The van der Waals surface area contributed by atoms with Crippen LogP contribution in [0, 0.1) is 17.8 Å². The van der Waals surface area contributed by atoms with Crippen molar-refractivity contribution in [2.45, 2.75) is 58.6 Å². The molecule has 1 aliphatic carbocycles. The maximum atomic E-state index is 6.12. The molecule has 5 unspecified atom stereocenters. The van der Waals surface area contributed by atoms with Crippen molar-refractivity contribution in [2.75, 3.05) is 33.3 Å². The highest BCUT2D eigenvalue weighted by atomic mass is 16.5. The van der Waals surface area contributed by atoms with E-state index in [2.05, 4.69) is 38.0 Å². The smallest absolute Gasteiger partial charge is 0.0857 e. The van der Waals surface area contributed by atoms with Crippen LogP contribution in [0.4, 0.5) is 0 Å². The monoisotopic (exact) mass is 282 g/mol. The van der Waals surface area contributed by atoms with E-state index in [4.69, 9.17) is 4.74 Å². The van der Waals surface area contributed by atoms with Crippen molar-refractivity contribution in [2.24, 2.45) is 17.8 Å². The van der Waals surface area contributed by atoms with Gasteiger partial charge in [-0.2, -0.15) is 0 Å². The van der Waals surface area contributed by atoms with Gasteiger partial charge in [0, 0.05) is 19.1 Å². The molecular weight excluding hydrogens is 248 g/mol. The zero-order chi connectivity index (χ0) is 14.5. The number of morpholine rings is 1. The molecule has 2 fully saturated rings. The highest BCUT2D eigenvalue weighted by Gasteiger charge is 2.36. The summed E-state index contributed by atoms with van der Waals surface area (Å²) in [5.74, 6) is 2.55.